The van der Waals surface area contributed by atoms with Crippen LogP contribution >= 0.6 is 22.9 Å². The first-order valence-corrected chi connectivity index (χ1v) is 15.1. The molecule has 1 fully saturated rings. The number of alkyl halides is 2. The van der Waals surface area contributed by atoms with Gasteiger partial charge in [-0.25, -0.2) is 18.7 Å². The fourth-order valence-electron chi connectivity index (χ4n) is 6.27. The van der Waals surface area contributed by atoms with Crippen molar-refractivity contribution in [3.8, 4) is 11.1 Å². The van der Waals surface area contributed by atoms with Crippen molar-refractivity contribution in [2.24, 2.45) is 0 Å². The Kier molecular flexibility index (Phi) is 7.03. The zero-order chi connectivity index (χ0) is 29.0. The van der Waals surface area contributed by atoms with Gasteiger partial charge < -0.3 is 14.8 Å². The maximum atomic E-state index is 14.5. The molecule has 2 aromatic heterocycles. The summed E-state index contributed by atoms with van der Waals surface area (Å²) >= 11 is 8.01. The highest BCUT2D eigenvalue weighted by Gasteiger charge is 2.42. The van der Waals surface area contributed by atoms with E-state index in [2.05, 4.69) is 20.6 Å². The van der Waals surface area contributed by atoms with Crippen molar-refractivity contribution in [2.75, 3.05) is 18.4 Å². The molecule has 0 bridgehead atoms. The number of piperidine rings is 1. The van der Waals surface area contributed by atoms with E-state index in [4.69, 9.17) is 11.6 Å². The average molecular weight is 609 g/mol. The lowest BCUT2D eigenvalue weighted by molar-refractivity contribution is -0.121. The minimum atomic E-state index is -1.10. The van der Waals surface area contributed by atoms with Gasteiger partial charge in [-0.3, -0.25) is 14.9 Å². The van der Waals surface area contributed by atoms with Crippen molar-refractivity contribution < 1.29 is 18.4 Å². The van der Waals surface area contributed by atoms with Gasteiger partial charge in [0.25, 0.3) is 11.8 Å². The van der Waals surface area contributed by atoms with Gasteiger partial charge in [-0.2, -0.15) is 0 Å². The Morgan fingerprint density at radius 1 is 1.17 bits per heavy atom. The fraction of sp³-hybridized carbons (Fsp3) is 0.333. The van der Waals surface area contributed by atoms with Gasteiger partial charge in [-0.15, -0.1) is 11.3 Å². The normalized spacial score (nSPS) is 22.2. The Hall–Kier alpha value is -3.67. The largest absolute Gasteiger partial charge is 0.331 e. The maximum absolute atomic E-state index is 14.5. The number of hydrogen-bond donors (Lipinski definition) is 2. The quantitative estimate of drug-likeness (QED) is 0.310. The van der Waals surface area contributed by atoms with Gasteiger partial charge in [0.15, 0.2) is 11.2 Å². The third-order valence-corrected chi connectivity index (χ3v) is 9.39. The molecule has 0 spiro atoms. The third-order valence-electron chi connectivity index (χ3n) is 8.37. The summed E-state index contributed by atoms with van der Waals surface area (Å²) in [6.07, 6.45) is 1.93. The SMILES string of the molecule is O=C(Nc1nccs1)C(c1ncn2c1C[C@@H](F)C2)N1Cc2c(Cl)cc(-c3ccc([C@@H]4CCNC[C@H]4F)cc3)cc2C1=O. The van der Waals surface area contributed by atoms with Crippen LogP contribution in [-0.2, 0) is 24.3 Å². The van der Waals surface area contributed by atoms with Gasteiger partial charge in [0.2, 0.25) is 0 Å². The zero-order valence-electron chi connectivity index (χ0n) is 22.4. The second-order valence-corrected chi connectivity index (χ2v) is 12.2. The summed E-state index contributed by atoms with van der Waals surface area (Å²) in [5, 5.41) is 8.41. The number of benzene rings is 2. The van der Waals surface area contributed by atoms with E-state index in [1.165, 1.54) is 22.6 Å². The summed E-state index contributed by atoms with van der Waals surface area (Å²) in [4.78, 5) is 37.7. The second kappa shape index (κ2) is 10.9. The van der Waals surface area contributed by atoms with Gasteiger partial charge in [0, 0.05) is 58.8 Å². The molecule has 3 aliphatic rings. The minimum absolute atomic E-state index is 0.0983. The zero-order valence-corrected chi connectivity index (χ0v) is 24.0. The number of carbonyl (C=O) groups is 2. The van der Waals surface area contributed by atoms with Gasteiger partial charge in [-0.05, 0) is 41.8 Å². The van der Waals surface area contributed by atoms with Gasteiger partial charge in [0.05, 0.1) is 18.6 Å². The van der Waals surface area contributed by atoms with E-state index in [1.807, 2.05) is 24.3 Å². The maximum Gasteiger partial charge on any atom is 0.255 e. The molecule has 7 rings (SSSR count). The van der Waals surface area contributed by atoms with Crippen LogP contribution in [0.1, 0.15) is 51.3 Å². The van der Waals surface area contributed by atoms with E-state index in [-0.39, 0.29) is 31.3 Å². The number of thiazole rings is 1. The Bertz CT molecular complexity index is 1660. The molecule has 0 radical (unpaired) electrons. The molecule has 2 N–H and O–H groups in total. The molecule has 1 unspecified atom stereocenters. The lowest BCUT2D eigenvalue weighted by Crippen LogP contribution is -2.38. The molecule has 2 amide bonds. The highest BCUT2D eigenvalue weighted by molar-refractivity contribution is 7.13. The highest BCUT2D eigenvalue weighted by Crippen LogP contribution is 2.40. The van der Waals surface area contributed by atoms with Crippen LogP contribution in [0.2, 0.25) is 5.02 Å². The molecular weight excluding hydrogens is 582 g/mol. The number of nitrogens with zero attached hydrogens (tertiary/aromatic N) is 4. The monoisotopic (exact) mass is 608 g/mol. The Balaban J connectivity index is 1.20. The average Bonchev–Trinajstić information content (AvgIpc) is 3.77. The van der Waals surface area contributed by atoms with Crippen LogP contribution in [0.4, 0.5) is 13.9 Å². The number of carbonyl (C=O) groups excluding carboxylic acids is 2. The molecular formula is C30H27ClF2N6O2S. The molecule has 5 heterocycles. The number of aromatic nitrogens is 3. The molecule has 0 aliphatic carbocycles. The molecule has 1 saturated heterocycles. The molecule has 12 heteroatoms. The van der Waals surface area contributed by atoms with Gasteiger partial charge in [-0.1, -0.05) is 35.9 Å². The van der Waals surface area contributed by atoms with Crippen LogP contribution in [0.3, 0.4) is 0 Å². The van der Waals surface area contributed by atoms with Crippen LogP contribution in [0, 0.1) is 0 Å². The predicted octanol–water partition coefficient (Wildman–Crippen LogP) is 5.31. The number of rotatable bonds is 6. The van der Waals surface area contributed by atoms with Crippen molar-refractivity contribution in [1.29, 1.82) is 0 Å². The van der Waals surface area contributed by atoms with E-state index in [0.29, 0.717) is 39.2 Å². The molecule has 42 heavy (non-hydrogen) atoms. The molecule has 4 aromatic rings. The standard InChI is InChI=1S/C30H27ClF2N6O2S/c31-23-10-18(16-1-3-17(4-2-16)20-5-6-34-12-24(20)33)9-21-22(23)14-39(29(21)41)27(28(40)37-30-35-7-8-42-30)26-25-11-19(32)13-38(25)15-36-26/h1-4,7-10,15,19-20,24,27,34H,5-6,11-14H2,(H,35,37,40)/t19-,20+,24-,27?/m1/s1. The summed E-state index contributed by atoms with van der Waals surface area (Å²) in [6.45, 7) is 1.39. The fourth-order valence-corrected chi connectivity index (χ4v) is 7.08. The van der Waals surface area contributed by atoms with Crippen LogP contribution in [0.15, 0.2) is 54.3 Å². The van der Waals surface area contributed by atoms with E-state index in [0.717, 1.165) is 29.7 Å². The Labute approximate surface area is 249 Å². The number of hydrogen-bond acceptors (Lipinski definition) is 6. The van der Waals surface area contributed by atoms with E-state index in [1.54, 1.807) is 28.3 Å². The van der Waals surface area contributed by atoms with Gasteiger partial charge >= 0.3 is 0 Å². The van der Waals surface area contributed by atoms with Crippen molar-refractivity contribution in [1.82, 2.24) is 24.8 Å². The Morgan fingerprint density at radius 3 is 2.76 bits per heavy atom. The molecule has 8 nitrogen and oxygen atoms in total. The first kappa shape index (κ1) is 27.2. The van der Waals surface area contributed by atoms with Crippen LogP contribution in [0.25, 0.3) is 11.1 Å². The number of halogens is 3. The number of nitrogens with one attached hydrogen (secondary N) is 2. The Morgan fingerprint density at radius 2 is 2.00 bits per heavy atom. The number of imidazole rings is 1. The minimum Gasteiger partial charge on any atom is -0.331 e. The lowest BCUT2D eigenvalue weighted by atomic mass is 9.87. The summed E-state index contributed by atoms with van der Waals surface area (Å²) in [7, 11) is 0. The summed E-state index contributed by atoms with van der Waals surface area (Å²) in [5.74, 6) is -0.995. The van der Waals surface area contributed by atoms with Crippen molar-refractivity contribution in [2.45, 2.75) is 50.2 Å². The second-order valence-electron chi connectivity index (χ2n) is 10.9. The van der Waals surface area contributed by atoms with E-state index >= 15 is 0 Å². The number of amides is 2. The molecule has 3 aliphatic heterocycles. The molecule has 2 aromatic carbocycles. The van der Waals surface area contributed by atoms with Crippen molar-refractivity contribution in [3.05, 3.63) is 87.4 Å². The summed E-state index contributed by atoms with van der Waals surface area (Å²) < 4.78 is 30.5. The summed E-state index contributed by atoms with van der Waals surface area (Å²) in [5.41, 5.74) is 4.49. The van der Waals surface area contributed by atoms with Crippen molar-refractivity contribution in [3.63, 3.8) is 0 Å². The summed E-state index contributed by atoms with van der Waals surface area (Å²) in [6, 6.07) is 10.2. The lowest BCUT2D eigenvalue weighted by Gasteiger charge is -2.27. The first-order valence-electron chi connectivity index (χ1n) is 13.8. The number of anilines is 1. The van der Waals surface area contributed by atoms with E-state index < -0.39 is 24.3 Å². The topological polar surface area (TPSA) is 92.2 Å². The predicted molar refractivity (Wildman–Crippen MR) is 156 cm³/mol. The molecule has 0 saturated carbocycles. The molecule has 4 atom stereocenters. The van der Waals surface area contributed by atoms with Crippen molar-refractivity contribution >= 4 is 39.9 Å². The third kappa shape index (κ3) is 4.79. The highest BCUT2D eigenvalue weighted by atomic mass is 35.5. The smallest absolute Gasteiger partial charge is 0.255 e. The van der Waals surface area contributed by atoms with Crippen LogP contribution < -0.4 is 10.6 Å². The molecule has 216 valence electrons. The van der Waals surface area contributed by atoms with Crippen LogP contribution in [-0.4, -0.2) is 56.7 Å². The van der Waals surface area contributed by atoms with Crippen LogP contribution in [0.5, 0.6) is 0 Å². The van der Waals surface area contributed by atoms with E-state index in [9.17, 15) is 18.4 Å². The van der Waals surface area contributed by atoms with Gasteiger partial charge in [0.1, 0.15) is 12.3 Å². The number of fused-ring (bicyclic) bond motifs is 2. The first-order chi connectivity index (χ1) is 20.4.